The highest BCUT2D eigenvalue weighted by molar-refractivity contribution is 5.44. The van der Waals surface area contributed by atoms with Crippen molar-refractivity contribution >= 4 is 0 Å². The van der Waals surface area contributed by atoms with Gasteiger partial charge in [-0.3, -0.25) is 0 Å². The predicted molar refractivity (Wildman–Crippen MR) is 79.3 cm³/mol. The Hall–Kier alpha value is -1.56. The van der Waals surface area contributed by atoms with Crippen molar-refractivity contribution in [3.63, 3.8) is 0 Å². The van der Waals surface area contributed by atoms with E-state index < -0.39 is 0 Å². The van der Waals surface area contributed by atoms with Crippen LogP contribution in [0.5, 0.6) is 0 Å². The lowest BCUT2D eigenvalue weighted by molar-refractivity contribution is 0.843. The van der Waals surface area contributed by atoms with Gasteiger partial charge in [-0.2, -0.15) is 0 Å². The minimum Gasteiger partial charge on any atom is -0.0622 e. The van der Waals surface area contributed by atoms with Gasteiger partial charge in [0.2, 0.25) is 0 Å². The van der Waals surface area contributed by atoms with Gasteiger partial charge in [-0.1, -0.05) is 56.3 Å². The van der Waals surface area contributed by atoms with E-state index in [4.69, 9.17) is 0 Å². The quantitative estimate of drug-likeness (QED) is 0.704. The maximum absolute atomic E-state index is 2.30. The van der Waals surface area contributed by atoms with Crippen LogP contribution in [0.4, 0.5) is 0 Å². The molecule has 0 nitrogen and oxygen atoms in total. The summed E-state index contributed by atoms with van der Waals surface area (Å²) in [6, 6.07) is 15.3. The Labute approximate surface area is 111 Å². The first-order valence-electron chi connectivity index (χ1n) is 6.72. The first-order chi connectivity index (χ1) is 8.59. The second kappa shape index (κ2) is 5.39. The third kappa shape index (κ3) is 2.64. The molecule has 2 aromatic carbocycles. The molecule has 0 unspecified atom stereocenters. The molecule has 0 N–H and O–H groups in total. The van der Waals surface area contributed by atoms with E-state index in [1.54, 1.807) is 0 Å². The average molecular weight is 238 g/mol. The van der Waals surface area contributed by atoms with Gasteiger partial charge in [-0.25, -0.2) is 0 Å². The molecule has 0 aliphatic rings. The van der Waals surface area contributed by atoms with E-state index in [1.807, 2.05) is 0 Å². The van der Waals surface area contributed by atoms with Crippen LogP contribution in [0.2, 0.25) is 0 Å². The van der Waals surface area contributed by atoms with Crippen molar-refractivity contribution in [3.8, 4) is 0 Å². The highest BCUT2D eigenvalue weighted by atomic mass is 14.2. The second-order valence-corrected chi connectivity index (χ2v) is 5.39. The fourth-order valence-electron chi connectivity index (χ4n) is 2.47. The summed E-state index contributed by atoms with van der Waals surface area (Å²) in [6.07, 6.45) is 1.04. The lowest BCUT2D eigenvalue weighted by Gasteiger charge is -2.17. The number of rotatable bonds is 3. The zero-order valence-corrected chi connectivity index (χ0v) is 11.8. The largest absolute Gasteiger partial charge is 0.0622 e. The summed E-state index contributed by atoms with van der Waals surface area (Å²) >= 11 is 0. The number of aryl methyl sites for hydroxylation is 1. The molecule has 0 aliphatic heterocycles. The van der Waals surface area contributed by atoms with Crippen LogP contribution in [0.15, 0.2) is 42.5 Å². The SMILES string of the molecule is Cc1ccc(C(C)C)c(Cc2ccccc2)c1C. The Morgan fingerprint density at radius 1 is 0.889 bits per heavy atom. The van der Waals surface area contributed by atoms with Gasteiger partial charge in [0, 0.05) is 0 Å². The van der Waals surface area contributed by atoms with E-state index in [0.717, 1.165) is 6.42 Å². The molecule has 94 valence electrons. The molecule has 0 atom stereocenters. The fourth-order valence-corrected chi connectivity index (χ4v) is 2.47. The molecular formula is C18H22. The molecule has 0 aromatic heterocycles. The van der Waals surface area contributed by atoms with Gasteiger partial charge in [-0.05, 0) is 54.0 Å². The zero-order chi connectivity index (χ0) is 13.1. The van der Waals surface area contributed by atoms with E-state index >= 15 is 0 Å². The Kier molecular flexibility index (Phi) is 3.86. The van der Waals surface area contributed by atoms with Crippen LogP contribution < -0.4 is 0 Å². The molecule has 0 heteroatoms. The highest BCUT2D eigenvalue weighted by Crippen LogP contribution is 2.27. The van der Waals surface area contributed by atoms with Crippen molar-refractivity contribution < 1.29 is 0 Å². The second-order valence-electron chi connectivity index (χ2n) is 5.39. The first-order valence-corrected chi connectivity index (χ1v) is 6.72. The standard InChI is InChI=1S/C18H22/c1-13(2)17-11-10-14(3)15(4)18(17)12-16-8-6-5-7-9-16/h5-11,13H,12H2,1-4H3. The summed E-state index contributed by atoms with van der Waals surface area (Å²) < 4.78 is 0. The van der Waals surface area contributed by atoms with Crippen molar-refractivity contribution in [2.24, 2.45) is 0 Å². The number of hydrogen-bond donors (Lipinski definition) is 0. The molecule has 0 aliphatic carbocycles. The van der Waals surface area contributed by atoms with Gasteiger partial charge in [0.15, 0.2) is 0 Å². The van der Waals surface area contributed by atoms with Crippen LogP contribution in [0.3, 0.4) is 0 Å². The smallest absolute Gasteiger partial charge is 0.00202 e. The van der Waals surface area contributed by atoms with Crippen molar-refractivity contribution in [2.75, 3.05) is 0 Å². The molecule has 0 spiro atoms. The zero-order valence-electron chi connectivity index (χ0n) is 11.8. The first kappa shape index (κ1) is 12.9. The average Bonchev–Trinajstić information content (AvgIpc) is 2.36. The number of hydrogen-bond acceptors (Lipinski definition) is 0. The van der Waals surface area contributed by atoms with E-state index in [9.17, 15) is 0 Å². The summed E-state index contributed by atoms with van der Waals surface area (Å²) in [5.74, 6) is 0.586. The van der Waals surface area contributed by atoms with E-state index in [0.29, 0.717) is 5.92 Å². The third-order valence-electron chi connectivity index (χ3n) is 3.75. The van der Waals surface area contributed by atoms with E-state index in [2.05, 4.69) is 70.2 Å². The van der Waals surface area contributed by atoms with Gasteiger partial charge in [-0.15, -0.1) is 0 Å². The topological polar surface area (TPSA) is 0 Å². The summed E-state index contributed by atoms with van der Waals surface area (Å²) in [7, 11) is 0. The monoisotopic (exact) mass is 238 g/mol. The van der Waals surface area contributed by atoms with Crippen LogP contribution >= 0.6 is 0 Å². The summed E-state index contributed by atoms with van der Waals surface area (Å²) in [5.41, 5.74) is 7.24. The van der Waals surface area contributed by atoms with Crippen molar-refractivity contribution in [2.45, 2.75) is 40.0 Å². The maximum Gasteiger partial charge on any atom is -0.00202 e. The molecule has 0 radical (unpaired) electrons. The normalized spacial score (nSPS) is 10.9. The fraction of sp³-hybridized carbons (Fsp3) is 0.333. The van der Waals surface area contributed by atoms with Crippen molar-refractivity contribution in [1.82, 2.24) is 0 Å². The van der Waals surface area contributed by atoms with Crippen LogP contribution in [0, 0.1) is 13.8 Å². The summed E-state index contributed by atoms with van der Waals surface area (Å²) in [5, 5.41) is 0. The molecule has 0 heterocycles. The highest BCUT2D eigenvalue weighted by Gasteiger charge is 2.11. The predicted octanol–water partition coefficient (Wildman–Crippen LogP) is 5.02. The van der Waals surface area contributed by atoms with Crippen molar-refractivity contribution in [1.29, 1.82) is 0 Å². The summed E-state index contributed by atoms with van der Waals surface area (Å²) in [4.78, 5) is 0. The molecule has 0 fully saturated rings. The minimum absolute atomic E-state index is 0.586. The van der Waals surface area contributed by atoms with Gasteiger partial charge in [0.25, 0.3) is 0 Å². The minimum atomic E-state index is 0.586. The lowest BCUT2D eigenvalue weighted by Crippen LogP contribution is -2.02. The Bertz CT molecular complexity index is 521. The molecule has 0 amide bonds. The Balaban J connectivity index is 2.45. The van der Waals surface area contributed by atoms with Gasteiger partial charge in [0.1, 0.15) is 0 Å². The van der Waals surface area contributed by atoms with Gasteiger partial charge < -0.3 is 0 Å². The molecule has 18 heavy (non-hydrogen) atoms. The molecular weight excluding hydrogens is 216 g/mol. The molecule has 0 saturated heterocycles. The Morgan fingerprint density at radius 2 is 1.56 bits per heavy atom. The third-order valence-corrected chi connectivity index (χ3v) is 3.75. The van der Waals surface area contributed by atoms with Crippen LogP contribution in [-0.4, -0.2) is 0 Å². The van der Waals surface area contributed by atoms with Crippen molar-refractivity contribution in [3.05, 3.63) is 70.3 Å². The number of benzene rings is 2. The summed E-state index contributed by atoms with van der Waals surface area (Å²) in [6.45, 7) is 9.00. The van der Waals surface area contributed by atoms with E-state index in [1.165, 1.54) is 27.8 Å². The van der Waals surface area contributed by atoms with Crippen LogP contribution in [-0.2, 0) is 6.42 Å². The molecule has 2 rings (SSSR count). The van der Waals surface area contributed by atoms with Crippen LogP contribution in [0.25, 0.3) is 0 Å². The lowest BCUT2D eigenvalue weighted by atomic mass is 9.88. The van der Waals surface area contributed by atoms with Gasteiger partial charge in [0.05, 0.1) is 0 Å². The molecule has 0 saturated carbocycles. The van der Waals surface area contributed by atoms with Gasteiger partial charge >= 0.3 is 0 Å². The molecule has 2 aromatic rings. The Morgan fingerprint density at radius 3 is 2.17 bits per heavy atom. The van der Waals surface area contributed by atoms with Crippen LogP contribution in [0.1, 0.15) is 47.6 Å². The molecule has 0 bridgehead atoms. The maximum atomic E-state index is 2.30. The van der Waals surface area contributed by atoms with E-state index in [-0.39, 0.29) is 0 Å².